The molecule has 0 aromatic heterocycles. The number of nitrogens with one attached hydrogen (secondary N) is 1. The van der Waals surface area contributed by atoms with Crippen LogP contribution in [-0.4, -0.2) is 13.7 Å². The van der Waals surface area contributed by atoms with Gasteiger partial charge >= 0.3 is 0 Å². The van der Waals surface area contributed by atoms with E-state index in [1.807, 2.05) is 18.2 Å². The summed E-state index contributed by atoms with van der Waals surface area (Å²) in [5, 5.41) is 3.38. The number of fused-ring (bicyclic) bond motifs is 1. The molecule has 0 amide bonds. The van der Waals surface area contributed by atoms with Crippen LogP contribution < -0.4 is 14.8 Å². The predicted octanol–water partition coefficient (Wildman–Crippen LogP) is 2.92. The van der Waals surface area contributed by atoms with E-state index in [0.717, 1.165) is 36.6 Å². The average Bonchev–Trinajstić information content (AvgIpc) is 2.53. The van der Waals surface area contributed by atoms with Gasteiger partial charge in [-0.15, -0.1) is 0 Å². The van der Waals surface area contributed by atoms with E-state index in [4.69, 9.17) is 9.47 Å². The molecule has 0 atom stereocenters. The molecule has 1 aliphatic heterocycles. The average molecular weight is 269 g/mol. The highest BCUT2D eigenvalue weighted by atomic mass is 16.5. The fourth-order valence-electron chi connectivity index (χ4n) is 2.50. The van der Waals surface area contributed by atoms with Gasteiger partial charge in [0.15, 0.2) is 11.5 Å². The van der Waals surface area contributed by atoms with Gasteiger partial charge in [0.25, 0.3) is 0 Å². The van der Waals surface area contributed by atoms with E-state index in [-0.39, 0.29) is 0 Å². The Kier molecular flexibility index (Phi) is 3.88. The lowest BCUT2D eigenvalue weighted by molar-refractivity contribution is 0.283. The van der Waals surface area contributed by atoms with Crippen molar-refractivity contribution >= 4 is 0 Å². The Balaban J connectivity index is 1.81. The van der Waals surface area contributed by atoms with Gasteiger partial charge in [-0.1, -0.05) is 30.3 Å². The maximum absolute atomic E-state index is 5.93. The molecule has 2 aromatic rings. The second-order valence-electron chi connectivity index (χ2n) is 4.97. The molecule has 3 nitrogen and oxygen atoms in total. The van der Waals surface area contributed by atoms with Gasteiger partial charge in [0.2, 0.25) is 0 Å². The van der Waals surface area contributed by atoms with Gasteiger partial charge in [-0.25, -0.2) is 0 Å². The fourth-order valence-corrected chi connectivity index (χ4v) is 2.50. The molecule has 0 spiro atoms. The summed E-state index contributed by atoms with van der Waals surface area (Å²) in [5.74, 6) is 1.64. The molecule has 3 heteroatoms. The summed E-state index contributed by atoms with van der Waals surface area (Å²) in [5.41, 5.74) is 3.82. The van der Waals surface area contributed by atoms with E-state index >= 15 is 0 Å². The first-order valence-electron chi connectivity index (χ1n) is 6.94. The molecule has 0 radical (unpaired) electrons. The fraction of sp³-hybridized carbons (Fsp3) is 0.294. The second kappa shape index (κ2) is 5.97. The largest absolute Gasteiger partial charge is 0.493 e. The number of hydrogen-bond acceptors (Lipinski definition) is 3. The van der Waals surface area contributed by atoms with Crippen molar-refractivity contribution in [1.82, 2.24) is 5.32 Å². The Labute approximate surface area is 119 Å². The van der Waals surface area contributed by atoms with E-state index in [2.05, 4.69) is 29.6 Å². The van der Waals surface area contributed by atoms with Gasteiger partial charge in [-0.2, -0.15) is 0 Å². The zero-order valence-corrected chi connectivity index (χ0v) is 11.7. The number of rotatable bonds is 4. The van der Waals surface area contributed by atoms with Crippen LogP contribution in [0.3, 0.4) is 0 Å². The van der Waals surface area contributed by atoms with Gasteiger partial charge in [0.1, 0.15) is 6.61 Å². The summed E-state index contributed by atoms with van der Waals surface area (Å²) in [6, 6.07) is 14.4. The Morgan fingerprint density at radius 3 is 2.65 bits per heavy atom. The first-order valence-corrected chi connectivity index (χ1v) is 6.94. The van der Waals surface area contributed by atoms with E-state index in [0.29, 0.717) is 6.61 Å². The first-order chi connectivity index (χ1) is 9.86. The molecule has 0 unspecified atom stereocenters. The first kappa shape index (κ1) is 13.0. The predicted molar refractivity (Wildman–Crippen MR) is 79.2 cm³/mol. The molecule has 20 heavy (non-hydrogen) atoms. The Bertz CT molecular complexity index is 581. The molecular weight excluding hydrogens is 250 g/mol. The lowest BCUT2D eigenvalue weighted by Gasteiger charge is -2.20. The van der Waals surface area contributed by atoms with Crippen LogP contribution in [0.1, 0.15) is 16.7 Å². The quantitative estimate of drug-likeness (QED) is 0.925. The summed E-state index contributed by atoms with van der Waals surface area (Å²) in [6.07, 6.45) is 1.05. The molecule has 0 saturated heterocycles. The summed E-state index contributed by atoms with van der Waals surface area (Å²) < 4.78 is 11.4. The smallest absolute Gasteiger partial charge is 0.162 e. The highest BCUT2D eigenvalue weighted by molar-refractivity contribution is 5.48. The molecule has 3 rings (SSSR count). The SMILES string of the molecule is COc1cc2c(cc1OCc1ccccc1)CNCC2. The third-order valence-electron chi connectivity index (χ3n) is 3.61. The minimum atomic E-state index is 0.559. The number of methoxy groups -OCH3 is 1. The van der Waals surface area contributed by atoms with E-state index in [1.165, 1.54) is 11.1 Å². The summed E-state index contributed by atoms with van der Waals surface area (Å²) in [4.78, 5) is 0. The monoisotopic (exact) mass is 269 g/mol. The molecular formula is C17H19NO2. The minimum Gasteiger partial charge on any atom is -0.493 e. The molecule has 2 aromatic carbocycles. The van der Waals surface area contributed by atoms with Crippen LogP contribution >= 0.6 is 0 Å². The summed E-state index contributed by atoms with van der Waals surface area (Å²) in [6.45, 7) is 2.49. The van der Waals surface area contributed by atoms with Crippen LogP contribution in [0.5, 0.6) is 11.5 Å². The normalized spacial score (nSPS) is 13.7. The van der Waals surface area contributed by atoms with E-state index < -0.39 is 0 Å². The Hall–Kier alpha value is -2.00. The molecule has 1 N–H and O–H groups in total. The van der Waals surface area contributed by atoms with Crippen LogP contribution in [0.2, 0.25) is 0 Å². The lowest BCUT2D eigenvalue weighted by Crippen LogP contribution is -2.23. The van der Waals surface area contributed by atoms with Crippen LogP contribution in [0, 0.1) is 0 Å². The van der Waals surface area contributed by atoms with Crippen molar-refractivity contribution in [3.05, 3.63) is 59.2 Å². The van der Waals surface area contributed by atoms with Crippen molar-refractivity contribution in [2.24, 2.45) is 0 Å². The van der Waals surface area contributed by atoms with E-state index in [1.54, 1.807) is 7.11 Å². The lowest BCUT2D eigenvalue weighted by atomic mass is 10.0. The highest BCUT2D eigenvalue weighted by Crippen LogP contribution is 2.32. The van der Waals surface area contributed by atoms with Crippen LogP contribution in [0.15, 0.2) is 42.5 Å². The van der Waals surface area contributed by atoms with E-state index in [9.17, 15) is 0 Å². The van der Waals surface area contributed by atoms with Crippen molar-refractivity contribution in [3.63, 3.8) is 0 Å². The van der Waals surface area contributed by atoms with Crippen molar-refractivity contribution in [2.75, 3.05) is 13.7 Å². The molecule has 0 bridgehead atoms. The number of benzene rings is 2. The third-order valence-corrected chi connectivity index (χ3v) is 3.61. The van der Waals surface area contributed by atoms with Crippen LogP contribution in [-0.2, 0) is 19.6 Å². The van der Waals surface area contributed by atoms with Crippen molar-refractivity contribution < 1.29 is 9.47 Å². The zero-order valence-electron chi connectivity index (χ0n) is 11.7. The standard InChI is InChI=1S/C17H19NO2/c1-19-16-9-14-7-8-18-11-15(14)10-17(16)20-12-13-5-3-2-4-6-13/h2-6,9-10,18H,7-8,11-12H2,1H3. The molecule has 1 aliphatic rings. The van der Waals surface area contributed by atoms with Crippen molar-refractivity contribution in [2.45, 2.75) is 19.6 Å². The van der Waals surface area contributed by atoms with Crippen LogP contribution in [0.25, 0.3) is 0 Å². The molecule has 0 fully saturated rings. The van der Waals surface area contributed by atoms with Gasteiger partial charge < -0.3 is 14.8 Å². The Morgan fingerprint density at radius 2 is 1.85 bits per heavy atom. The van der Waals surface area contributed by atoms with Crippen molar-refractivity contribution in [1.29, 1.82) is 0 Å². The maximum Gasteiger partial charge on any atom is 0.162 e. The highest BCUT2D eigenvalue weighted by Gasteiger charge is 2.14. The Morgan fingerprint density at radius 1 is 1.05 bits per heavy atom. The van der Waals surface area contributed by atoms with Gasteiger partial charge in [-0.05, 0) is 41.8 Å². The topological polar surface area (TPSA) is 30.5 Å². The maximum atomic E-state index is 5.93. The van der Waals surface area contributed by atoms with Crippen molar-refractivity contribution in [3.8, 4) is 11.5 Å². The molecule has 0 saturated carbocycles. The van der Waals surface area contributed by atoms with Gasteiger partial charge in [-0.3, -0.25) is 0 Å². The second-order valence-corrected chi connectivity index (χ2v) is 4.97. The minimum absolute atomic E-state index is 0.559. The molecule has 0 aliphatic carbocycles. The molecule has 104 valence electrons. The van der Waals surface area contributed by atoms with Gasteiger partial charge in [0, 0.05) is 6.54 Å². The number of ether oxygens (including phenoxy) is 2. The summed E-state index contributed by atoms with van der Waals surface area (Å²) in [7, 11) is 1.69. The summed E-state index contributed by atoms with van der Waals surface area (Å²) >= 11 is 0. The number of hydrogen-bond donors (Lipinski definition) is 1. The zero-order chi connectivity index (χ0) is 13.8. The third kappa shape index (κ3) is 2.78. The molecule has 1 heterocycles. The van der Waals surface area contributed by atoms with Crippen LogP contribution in [0.4, 0.5) is 0 Å². The van der Waals surface area contributed by atoms with Gasteiger partial charge in [0.05, 0.1) is 7.11 Å².